The number of benzene rings is 7. The minimum atomic E-state index is -0.00512. The van der Waals surface area contributed by atoms with E-state index in [1.807, 2.05) is 0 Å². The third kappa shape index (κ3) is 3.59. The molecule has 0 atom stereocenters. The Morgan fingerprint density at radius 2 is 1.00 bits per heavy atom. The molecule has 0 spiro atoms. The van der Waals surface area contributed by atoms with E-state index in [1.54, 1.807) is 0 Å². The van der Waals surface area contributed by atoms with Crippen LogP contribution in [0, 0.1) is 0 Å². The maximum Gasteiger partial charge on any atom is 0.135 e. The van der Waals surface area contributed by atoms with Gasteiger partial charge in [-0.3, -0.25) is 0 Å². The Hall–Kier alpha value is -5.40. The van der Waals surface area contributed by atoms with Gasteiger partial charge in [0, 0.05) is 16.4 Å². The molecule has 1 nitrogen and oxygen atoms in total. The number of hydrogen-bond donors (Lipinski definition) is 0. The van der Waals surface area contributed by atoms with E-state index in [2.05, 4.69) is 159 Å². The van der Waals surface area contributed by atoms with Crippen LogP contribution in [-0.4, -0.2) is 0 Å². The highest BCUT2D eigenvalue weighted by Gasteiger charge is 2.35. The molecular weight excluding hydrogens is 532 g/mol. The molecule has 0 aliphatic heterocycles. The lowest BCUT2D eigenvalue weighted by Gasteiger charge is -2.21. The van der Waals surface area contributed by atoms with Gasteiger partial charge in [0.05, 0.1) is 0 Å². The second-order valence-corrected chi connectivity index (χ2v) is 12.5. The predicted molar refractivity (Wildman–Crippen MR) is 185 cm³/mol. The molecule has 0 N–H and O–H groups in total. The van der Waals surface area contributed by atoms with Crippen LogP contribution in [0.4, 0.5) is 0 Å². The zero-order valence-electron chi connectivity index (χ0n) is 24.8. The van der Waals surface area contributed by atoms with Crippen LogP contribution in [0.1, 0.15) is 25.0 Å². The molecule has 208 valence electrons. The summed E-state index contributed by atoms with van der Waals surface area (Å²) in [5, 5.41) is 6.16. The van der Waals surface area contributed by atoms with Gasteiger partial charge < -0.3 is 4.42 Å². The summed E-state index contributed by atoms with van der Waals surface area (Å²) in [6.45, 7) is 4.64. The van der Waals surface area contributed by atoms with Gasteiger partial charge in [0.2, 0.25) is 0 Å². The van der Waals surface area contributed by atoms with Gasteiger partial charge >= 0.3 is 0 Å². The highest BCUT2D eigenvalue weighted by Crippen LogP contribution is 2.50. The molecule has 1 heterocycles. The van der Waals surface area contributed by atoms with Crippen molar-refractivity contribution in [2.24, 2.45) is 0 Å². The van der Waals surface area contributed by atoms with E-state index in [4.69, 9.17) is 4.42 Å². The second kappa shape index (κ2) is 9.30. The van der Waals surface area contributed by atoms with Gasteiger partial charge in [0.1, 0.15) is 11.3 Å². The van der Waals surface area contributed by atoms with Crippen molar-refractivity contribution in [1.29, 1.82) is 0 Å². The summed E-state index contributed by atoms with van der Waals surface area (Å²) in [5.74, 6) is 0.899. The molecule has 0 radical (unpaired) electrons. The number of furan rings is 1. The van der Waals surface area contributed by atoms with Crippen LogP contribution < -0.4 is 0 Å². The lowest BCUT2D eigenvalue weighted by molar-refractivity contribution is 0.631. The summed E-state index contributed by atoms with van der Waals surface area (Å²) in [6, 6.07) is 52.8. The third-order valence-corrected chi connectivity index (χ3v) is 9.67. The molecule has 1 aromatic heterocycles. The van der Waals surface area contributed by atoms with Crippen molar-refractivity contribution in [2.45, 2.75) is 19.3 Å². The zero-order chi connectivity index (χ0) is 29.4. The Morgan fingerprint density at radius 1 is 0.432 bits per heavy atom. The van der Waals surface area contributed by atoms with Gasteiger partial charge in [-0.25, -0.2) is 0 Å². The summed E-state index contributed by atoms with van der Waals surface area (Å²) in [6.07, 6.45) is 0. The quantitative estimate of drug-likeness (QED) is 0.195. The number of hydrogen-bond acceptors (Lipinski definition) is 1. The molecular formula is C43H30O. The largest absolute Gasteiger partial charge is 0.456 e. The maximum absolute atomic E-state index is 6.50. The average molecular weight is 563 g/mol. The van der Waals surface area contributed by atoms with Gasteiger partial charge in [0.25, 0.3) is 0 Å². The predicted octanol–water partition coefficient (Wildman–Crippen LogP) is 12.0. The fourth-order valence-corrected chi connectivity index (χ4v) is 7.57. The van der Waals surface area contributed by atoms with Gasteiger partial charge in [-0.15, -0.1) is 0 Å². The second-order valence-electron chi connectivity index (χ2n) is 12.5. The first-order valence-electron chi connectivity index (χ1n) is 15.4. The van der Waals surface area contributed by atoms with Crippen molar-refractivity contribution in [1.82, 2.24) is 0 Å². The number of fused-ring (bicyclic) bond motifs is 6. The van der Waals surface area contributed by atoms with Crippen LogP contribution in [0.15, 0.2) is 150 Å². The van der Waals surface area contributed by atoms with Crippen LogP contribution in [0.3, 0.4) is 0 Å². The molecule has 1 aliphatic carbocycles. The van der Waals surface area contributed by atoms with Crippen LogP contribution >= 0.6 is 0 Å². The minimum Gasteiger partial charge on any atom is -0.456 e. The summed E-state index contributed by atoms with van der Waals surface area (Å²) in [5.41, 5.74) is 12.4. The standard InChI is InChI=1S/C43H30O/c1-43(2)37-19-11-10-14-31(37)36-25-28(20-22-38(36)43)40-26-30-24-29(21-23-39(30)44-40)42-34-17-8-6-15-32(34)41(27-12-4-3-5-13-27)33-16-7-9-18-35(33)42/h3-26H,1-2H3. The van der Waals surface area contributed by atoms with Crippen LogP contribution in [0.2, 0.25) is 0 Å². The first-order chi connectivity index (χ1) is 21.6. The van der Waals surface area contributed by atoms with Crippen molar-refractivity contribution in [3.05, 3.63) is 157 Å². The van der Waals surface area contributed by atoms with E-state index >= 15 is 0 Å². The summed E-state index contributed by atoms with van der Waals surface area (Å²) >= 11 is 0. The van der Waals surface area contributed by atoms with E-state index in [1.165, 1.54) is 66.1 Å². The maximum atomic E-state index is 6.50. The molecule has 0 unspecified atom stereocenters. The van der Waals surface area contributed by atoms with E-state index in [0.717, 1.165) is 22.3 Å². The molecule has 9 rings (SSSR count). The van der Waals surface area contributed by atoms with Crippen molar-refractivity contribution >= 4 is 32.5 Å². The van der Waals surface area contributed by atoms with E-state index < -0.39 is 0 Å². The van der Waals surface area contributed by atoms with E-state index in [0.29, 0.717) is 0 Å². The Kier molecular flexibility index (Phi) is 5.31. The zero-order valence-corrected chi connectivity index (χ0v) is 24.8. The molecule has 7 aromatic carbocycles. The molecule has 0 fully saturated rings. The molecule has 0 bridgehead atoms. The fraction of sp³-hybridized carbons (Fsp3) is 0.0698. The van der Waals surface area contributed by atoms with Crippen molar-refractivity contribution in [3.8, 4) is 44.7 Å². The number of rotatable bonds is 3. The Morgan fingerprint density at radius 3 is 1.70 bits per heavy atom. The van der Waals surface area contributed by atoms with Crippen molar-refractivity contribution in [3.63, 3.8) is 0 Å². The fourth-order valence-electron chi connectivity index (χ4n) is 7.57. The van der Waals surface area contributed by atoms with Crippen LogP contribution in [0.25, 0.3) is 77.2 Å². The molecule has 1 aliphatic rings. The SMILES string of the molecule is CC1(C)c2ccccc2-c2cc(-c3cc4cc(-c5c6ccccc6c(-c6ccccc6)c6ccccc56)ccc4o3)ccc21. The normalized spacial score (nSPS) is 13.4. The minimum absolute atomic E-state index is 0.00512. The highest BCUT2D eigenvalue weighted by molar-refractivity contribution is 6.21. The van der Waals surface area contributed by atoms with Gasteiger partial charge in [-0.2, -0.15) is 0 Å². The van der Waals surface area contributed by atoms with Crippen molar-refractivity contribution < 1.29 is 4.42 Å². The summed E-state index contributed by atoms with van der Waals surface area (Å²) in [7, 11) is 0. The third-order valence-electron chi connectivity index (χ3n) is 9.67. The molecule has 0 saturated carbocycles. The van der Waals surface area contributed by atoms with Gasteiger partial charge in [-0.1, -0.05) is 135 Å². The van der Waals surface area contributed by atoms with Crippen molar-refractivity contribution in [2.75, 3.05) is 0 Å². The average Bonchev–Trinajstić information content (AvgIpc) is 3.60. The van der Waals surface area contributed by atoms with E-state index in [-0.39, 0.29) is 5.41 Å². The lowest BCUT2D eigenvalue weighted by Crippen LogP contribution is -2.14. The van der Waals surface area contributed by atoms with Gasteiger partial charge in [-0.05, 0) is 90.3 Å². The highest BCUT2D eigenvalue weighted by atomic mass is 16.3. The summed E-state index contributed by atoms with van der Waals surface area (Å²) in [4.78, 5) is 0. The first kappa shape index (κ1) is 25.1. The summed E-state index contributed by atoms with van der Waals surface area (Å²) < 4.78 is 6.50. The topological polar surface area (TPSA) is 13.1 Å². The van der Waals surface area contributed by atoms with Crippen LogP contribution in [0.5, 0.6) is 0 Å². The Balaban J connectivity index is 1.22. The lowest BCUT2D eigenvalue weighted by atomic mass is 9.82. The van der Waals surface area contributed by atoms with Crippen LogP contribution in [-0.2, 0) is 5.41 Å². The van der Waals surface area contributed by atoms with Gasteiger partial charge in [0.15, 0.2) is 0 Å². The molecule has 1 heteroatoms. The Bertz CT molecular complexity index is 2350. The first-order valence-corrected chi connectivity index (χ1v) is 15.4. The molecule has 0 saturated heterocycles. The van der Waals surface area contributed by atoms with E-state index in [9.17, 15) is 0 Å². The smallest absolute Gasteiger partial charge is 0.135 e. The molecule has 44 heavy (non-hydrogen) atoms. The monoisotopic (exact) mass is 562 g/mol. The Labute approximate surface area is 257 Å². The molecule has 8 aromatic rings. The molecule has 0 amide bonds.